The molecule has 4 rings (SSSR count). The lowest BCUT2D eigenvalue weighted by Crippen LogP contribution is -2.45. The summed E-state index contributed by atoms with van der Waals surface area (Å²) in [5.41, 5.74) is 0.0514. The van der Waals surface area contributed by atoms with Crippen molar-refractivity contribution in [3.63, 3.8) is 0 Å². The largest absolute Gasteiger partial charge is 0.457 e. The Kier molecular flexibility index (Phi) is 6.56. The quantitative estimate of drug-likeness (QED) is 0.393. The summed E-state index contributed by atoms with van der Waals surface area (Å²) in [7, 11) is 0. The fraction of sp³-hybridized carbons (Fsp3) is 0.120. The standard InChI is InChI=1S/C25H20F3N3O2S/c1-15-21(23(32)30-20-13-6-5-12-19(20)25(26,27)28)22(31-24(34)29-15)16-8-7-11-18(14-16)33-17-9-3-2-4-10-17/h2-14,22H,1H3,(H,30,32)(H2,29,31,34). The highest BCUT2D eigenvalue weighted by Gasteiger charge is 2.35. The molecule has 0 aromatic heterocycles. The highest BCUT2D eigenvalue weighted by atomic mass is 32.1. The molecule has 0 saturated heterocycles. The highest BCUT2D eigenvalue weighted by Crippen LogP contribution is 2.36. The lowest BCUT2D eigenvalue weighted by molar-refractivity contribution is -0.137. The molecule has 0 saturated carbocycles. The summed E-state index contributed by atoms with van der Waals surface area (Å²) in [5.74, 6) is 0.493. The van der Waals surface area contributed by atoms with Crippen molar-refractivity contribution in [1.29, 1.82) is 0 Å². The summed E-state index contributed by atoms with van der Waals surface area (Å²) in [6.45, 7) is 1.65. The molecule has 1 unspecified atom stereocenters. The smallest absolute Gasteiger partial charge is 0.418 e. The highest BCUT2D eigenvalue weighted by molar-refractivity contribution is 7.80. The van der Waals surface area contributed by atoms with E-state index in [1.54, 1.807) is 31.2 Å². The predicted molar refractivity (Wildman–Crippen MR) is 127 cm³/mol. The number of thiocarbonyl (C=S) groups is 1. The van der Waals surface area contributed by atoms with Crippen molar-refractivity contribution in [2.24, 2.45) is 0 Å². The number of halogens is 3. The second-order valence-electron chi connectivity index (χ2n) is 7.56. The Morgan fingerprint density at radius 2 is 1.65 bits per heavy atom. The van der Waals surface area contributed by atoms with Gasteiger partial charge in [0.2, 0.25) is 0 Å². The van der Waals surface area contributed by atoms with Gasteiger partial charge in [0.05, 0.1) is 22.9 Å². The average molecular weight is 484 g/mol. The molecule has 3 aromatic carbocycles. The molecule has 9 heteroatoms. The molecule has 174 valence electrons. The van der Waals surface area contributed by atoms with Crippen LogP contribution in [0.1, 0.15) is 24.1 Å². The van der Waals surface area contributed by atoms with E-state index in [9.17, 15) is 18.0 Å². The van der Waals surface area contributed by atoms with Crippen molar-refractivity contribution < 1.29 is 22.7 Å². The van der Waals surface area contributed by atoms with Gasteiger partial charge in [0, 0.05) is 5.70 Å². The molecule has 3 N–H and O–H groups in total. The van der Waals surface area contributed by atoms with E-state index in [1.165, 1.54) is 18.2 Å². The normalized spacial score (nSPS) is 15.9. The number of para-hydroxylation sites is 2. The van der Waals surface area contributed by atoms with E-state index < -0.39 is 23.7 Å². The van der Waals surface area contributed by atoms with Crippen molar-refractivity contribution in [2.45, 2.75) is 19.1 Å². The van der Waals surface area contributed by atoms with E-state index in [4.69, 9.17) is 17.0 Å². The van der Waals surface area contributed by atoms with Gasteiger partial charge in [0.15, 0.2) is 5.11 Å². The van der Waals surface area contributed by atoms with Gasteiger partial charge in [0.25, 0.3) is 5.91 Å². The zero-order valence-corrected chi connectivity index (χ0v) is 18.8. The summed E-state index contributed by atoms with van der Waals surface area (Å²) in [6.07, 6.45) is -4.61. The SMILES string of the molecule is CC1=C(C(=O)Nc2ccccc2C(F)(F)F)C(c2cccc(Oc3ccccc3)c2)NC(=S)N1. The van der Waals surface area contributed by atoms with Gasteiger partial charge in [-0.2, -0.15) is 13.2 Å². The van der Waals surface area contributed by atoms with Crippen LogP contribution >= 0.6 is 12.2 Å². The molecule has 3 aromatic rings. The van der Waals surface area contributed by atoms with Gasteiger partial charge < -0.3 is 20.7 Å². The summed E-state index contributed by atoms with van der Waals surface area (Å²) in [6, 6.07) is 20.4. The number of benzene rings is 3. The third kappa shape index (κ3) is 5.20. The van der Waals surface area contributed by atoms with Gasteiger partial charge in [-0.05, 0) is 61.1 Å². The average Bonchev–Trinajstić information content (AvgIpc) is 2.79. The zero-order chi connectivity index (χ0) is 24.3. The molecule has 34 heavy (non-hydrogen) atoms. The molecule has 0 aliphatic carbocycles. The molecule has 1 aliphatic rings. The lowest BCUT2D eigenvalue weighted by Gasteiger charge is -2.30. The predicted octanol–water partition coefficient (Wildman–Crippen LogP) is 5.93. The second kappa shape index (κ2) is 9.56. The lowest BCUT2D eigenvalue weighted by atomic mass is 9.94. The van der Waals surface area contributed by atoms with Gasteiger partial charge in [-0.3, -0.25) is 4.79 Å². The van der Waals surface area contributed by atoms with Crippen LogP contribution in [0.15, 0.2) is 90.1 Å². The monoisotopic (exact) mass is 483 g/mol. The number of rotatable bonds is 5. The number of anilines is 1. The van der Waals surface area contributed by atoms with Crippen LogP contribution in [0.5, 0.6) is 11.5 Å². The number of allylic oxidation sites excluding steroid dienone is 1. The molecule has 1 amide bonds. The molecule has 0 radical (unpaired) electrons. The number of carbonyl (C=O) groups is 1. The number of carbonyl (C=O) groups excluding carboxylic acids is 1. The van der Waals surface area contributed by atoms with Gasteiger partial charge in [-0.15, -0.1) is 0 Å². The zero-order valence-electron chi connectivity index (χ0n) is 17.9. The molecule has 0 fully saturated rings. The molecule has 1 atom stereocenters. The van der Waals surface area contributed by atoms with Gasteiger partial charge in [-0.25, -0.2) is 0 Å². The van der Waals surface area contributed by atoms with Gasteiger partial charge >= 0.3 is 6.18 Å². The summed E-state index contributed by atoms with van der Waals surface area (Å²) >= 11 is 5.27. The van der Waals surface area contributed by atoms with E-state index in [2.05, 4.69) is 16.0 Å². The summed E-state index contributed by atoms with van der Waals surface area (Å²) in [5, 5.41) is 8.63. The molecular formula is C25H20F3N3O2S. The maximum atomic E-state index is 13.4. The number of alkyl halides is 3. The molecule has 1 aliphatic heterocycles. The van der Waals surface area contributed by atoms with Crippen LogP contribution in [0.25, 0.3) is 0 Å². The Hall–Kier alpha value is -3.85. The first kappa shape index (κ1) is 23.3. The molecular weight excluding hydrogens is 463 g/mol. The molecule has 0 bridgehead atoms. The first-order valence-electron chi connectivity index (χ1n) is 10.3. The molecule has 1 heterocycles. The van der Waals surface area contributed by atoms with E-state index in [0.717, 1.165) is 6.07 Å². The van der Waals surface area contributed by atoms with Crippen LogP contribution in [0, 0.1) is 0 Å². The number of hydrogen-bond donors (Lipinski definition) is 3. The molecule has 0 spiro atoms. The first-order chi connectivity index (χ1) is 16.2. The van der Waals surface area contributed by atoms with Crippen molar-refractivity contribution >= 4 is 28.9 Å². The number of amides is 1. The summed E-state index contributed by atoms with van der Waals surface area (Å²) < 4.78 is 46.1. The third-order valence-corrected chi connectivity index (χ3v) is 5.38. The Balaban J connectivity index is 1.66. The van der Waals surface area contributed by atoms with Gasteiger partial charge in [0.1, 0.15) is 11.5 Å². The second-order valence-corrected chi connectivity index (χ2v) is 7.96. The van der Waals surface area contributed by atoms with Crippen LogP contribution in [0.4, 0.5) is 18.9 Å². The van der Waals surface area contributed by atoms with E-state index in [1.807, 2.05) is 30.3 Å². The van der Waals surface area contributed by atoms with Crippen LogP contribution in [0.2, 0.25) is 0 Å². The van der Waals surface area contributed by atoms with Crippen LogP contribution in [-0.4, -0.2) is 11.0 Å². The van der Waals surface area contributed by atoms with Crippen LogP contribution < -0.4 is 20.7 Å². The minimum atomic E-state index is -4.61. The minimum absolute atomic E-state index is 0.211. The Labute approximate surface area is 199 Å². The first-order valence-corrected chi connectivity index (χ1v) is 10.7. The van der Waals surface area contributed by atoms with Gasteiger partial charge in [-0.1, -0.05) is 42.5 Å². The Morgan fingerprint density at radius 1 is 0.971 bits per heavy atom. The van der Waals surface area contributed by atoms with Crippen molar-refractivity contribution in [2.75, 3.05) is 5.32 Å². The fourth-order valence-electron chi connectivity index (χ4n) is 3.66. The van der Waals surface area contributed by atoms with E-state index >= 15 is 0 Å². The van der Waals surface area contributed by atoms with Crippen LogP contribution in [0.3, 0.4) is 0 Å². The summed E-state index contributed by atoms with van der Waals surface area (Å²) in [4.78, 5) is 13.2. The maximum Gasteiger partial charge on any atom is 0.418 e. The number of ether oxygens (including phenoxy) is 1. The van der Waals surface area contributed by atoms with Crippen molar-refractivity contribution in [1.82, 2.24) is 10.6 Å². The number of hydrogen-bond acceptors (Lipinski definition) is 3. The Morgan fingerprint density at radius 3 is 2.38 bits per heavy atom. The number of nitrogens with one attached hydrogen (secondary N) is 3. The fourth-order valence-corrected chi connectivity index (χ4v) is 3.93. The van der Waals surface area contributed by atoms with E-state index in [0.29, 0.717) is 27.9 Å². The minimum Gasteiger partial charge on any atom is -0.457 e. The van der Waals surface area contributed by atoms with Crippen molar-refractivity contribution in [3.8, 4) is 11.5 Å². The third-order valence-electron chi connectivity index (χ3n) is 5.16. The maximum absolute atomic E-state index is 13.4. The van der Waals surface area contributed by atoms with Crippen LogP contribution in [-0.2, 0) is 11.0 Å². The van der Waals surface area contributed by atoms with Crippen molar-refractivity contribution in [3.05, 3.63) is 101 Å². The topological polar surface area (TPSA) is 62.4 Å². The van der Waals surface area contributed by atoms with E-state index in [-0.39, 0.29) is 11.3 Å². The molecule has 5 nitrogen and oxygen atoms in total. The Bertz CT molecular complexity index is 1260.